The molecule has 2 aliphatic rings. The number of fused-ring (bicyclic) bond motifs is 1. The molecule has 0 aliphatic carbocycles. The number of nitrogens with one attached hydrogen (secondary N) is 2. The second-order valence-corrected chi connectivity index (χ2v) is 9.12. The molecule has 0 saturated carbocycles. The summed E-state index contributed by atoms with van der Waals surface area (Å²) >= 11 is 0. The maximum atomic E-state index is 13.5. The van der Waals surface area contributed by atoms with E-state index in [9.17, 15) is 17.6 Å². The highest BCUT2D eigenvalue weighted by Crippen LogP contribution is 2.28. The van der Waals surface area contributed by atoms with Gasteiger partial charge in [0.1, 0.15) is 10.7 Å². The quantitative estimate of drug-likeness (QED) is 0.778. The summed E-state index contributed by atoms with van der Waals surface area (Å²) in [6.07, 6.45) is -1.15. The molecular weight excluding hydrogens is 395 g/mol. The van der Waals surface area contributed by atoms with E-state index in [1.807, 2.05) is 0 Å². The third kappa shape index (κ3) is 3.79. The van der Waals surface area contributed by atoms with Crippen LogP contribution in [-0.4, -0.2) is 51.6 Å². The number of rotatable bonds is 2. The predicted molar refractivity (Wildman–Crippen MR) is 109 cm³/mol. The number of aryl methyl sites for hydroxylation is 2. The number of hydrogen-bond donors (Lipinski definition) is 2. The van der Waals surface area contributed by atoms with Crippen LogP contribution in [0.3, 0.4) is 0 Å². The first kappa shape index (κ1) is 19.7. The van der Waals surface area contributed by atoms with Gasteiger partial charge < -0.3 is 15.1 Å². The zero-order valence-corrected chi connectivity index (χ0v) is 17.1. The summed E-state index contributed by atoms with van der Waals surface area (Å²) in [7, 11) is -3.89. The van der Waals surface area contributed by atoms with Crippen LogP contribution in [0.5, 0.6) is 0 Å². The molecule has 2 aliphatic heterocycles. The second kappa shape index (κ2) is 7.31. The number of hydrogen-bond acceptors (Lipinski definition) is 5. The fourth-order valence-corrected chi connectivity index (χ4v) is 5.13. The Kier molecular flexibility index (Phi) is 4.95. The van der Waals surface area contributed by atoms with E-state index in [1.54, 1.807) is 4.90 Å². The number of halogens is 1. The van der Waals surface area contributed by atoms with E-state index >= 15 is 0 Å². The monoisotopic (exact) mass is 418 g/mol. The molecule has 1 saturated heterocycles. The fourth-order valence-electron chi connectivity index (χ4n) is 3.88. The summed E-state index contributed by atoms with van der Waals surface area (Å²) in [4.78, 5) is 16.7. The Hall–Kier alpha value is -2.65. The molecule has 2 aromatic rings. The second-order valence-electron chi connectivity index (χ2n) is 7.44. The van der Waals surface area contributed by atoms with Crippen LogP contribution in [0, 0.1) is 19.7 Å². The van der Waals surface area contributed by atoms with E-state index in [-0.39, 0.29) is 16.5 Å². The highest BCUT2D eigenvalue weighted by atomic mass is 32.2. The molecule has 0 aromatic heterocycles. The summed E-state index contributed by atoms with van der Waals surface area (Å²) in [5.41, 5.74) is 3.62. The first-order chi connectivity index (χ1) is 13.7. The highest BCUT2D eigenvalue weighted by Gasteiger charge is 2.36. The van der Waals surface area contributed by atoms with Gasteiger partial charge in [0.05, 0.1) is 5.69 Å². The molecule has 2 N–H and O–H groups in total. The predicted octanol–water partition coefficient (Wildman–Crippen LogP) is 1.82. The number of carbonyl (C=O) groups excluding carboxylic acids is 1. The van der Waals surface area contributed by atoms with Gasteiger partial charge in [0, 0.05) is 31.9 Å². The van der Waals surface area contributed by atoms with Crippen LogP contribution < -0.4 is 14.9 Å². The van der Waals surface area contributed by atoms with Gasteiger partial charge in [-0.05, 0) is 43.7 Å². The first-order valence-corrected chi connectivity index (χ1v) is 10.9. The Bertz CT molecular complexity index is 1070. The molecule has 1 amide bonds. The number of anilines is 2. The lowest BCUT2D eigenvalue weighted by molar-refractivity contribution is -0.132. The van der Waals surface area contributed by atoms with Gasteiger partial charge in [-0.25, -0.2) is 12.8 Å². The van der Waals surface area contributed by atoms with Gasteiger partial charge in [-0.2, -0.15) is 4.72 Å². The van der Waals surface area contributed by atoms with Crippen molar-refractivity contribution in [2.75, 3.05) is 36.4 Å². The summed E-state index contributed by atoms with van der Waals surface area (Å²) in [5, 5.41) is 2.81. The number of sulfonamides is 1. The molecule has 29 heavy (non-hydrogen) atoms. The normalized spacial score (nSPS) is 20.7. The molecule has 4 rings (SSSR count). The summed E-state index contributed by atoms with van der Waals surface area (Å²) in [5.74, 6) is -0.939. The summed E-state index contributed by atoms with van der Waals surface area (Å²) in [6, 6.07) is 9.63. The van der Waals surface area contributed by atoms with Crippen molar-refractivity contribution in [2.24, 2.45) is 0 Å². The zero-order valence-electron chi connectivity index (χ0n) is 16.3. The lowest BCUT2D eigenvalue weighted by Crippen LogP contribution is -2.58. The number of benzene rings is 2. The molecule has 2 heterocycles. The molecule has 2 aromatic carbocycles. The molecule has 0 spiro atoms. The minimum absolute atomic E-state index is 0.0670. The van der Waals surface area contributed by atoms with Crippen LogP contribution >= 0.6 is 0 Å². The van der Waals surface area contributed by atoms with E-state index in [1.165, 1.54) is 17.2 Å². The third-order valence-electron chi connectivity index (χ3n) is 5.34. The van der Waals surface area contributed by atoms with Gasteiger partial charge in [-0.3, -0.25) is 4.79 Å². The average Bonchev–Trinajstić information content (AvgIpc) is 2.66. The number of nitrogens with zero attached hydrogens (tertiary/aromatic N) is 2. The Labute approximate surface area is 169 Å². The Morgan fingerprint density at radius 2 is 1.79 bits per heavy atom. The van der Waals surface area contributed by atoms with Gasteiger partial charge in [-0.1, -0.05) is 17.7 Å². The third-order valence-corrected chi connectivity index (χ3v) is 6.82. The number of amides is 1. The molecule has 0 bridgehead atoms. The van der Waals surface area contributed by atoms with Crippen LogP contribution in [0.4, 0.5) is 15.8 Å². The minimum atomic E-state index is -3.89. The Morgan fingerprint density at radius 1 is 1.07 bits per heavy atom. The Balaban J connectivity index is 1.46. The zero-order chi connectivity index (χ0) is 20.8. The highest BCUT2D eigenvalue weighted by molar-refractivity contribution is 7.89. The smallest absolute Gasteiger partial charge is 0.261 e. The lowest BCUT2D eigenvalue weighted by atomic mass is 10.1. The minimum Gasteiger partial charge on any atom is -0.368 e. The number of piperazine rings is 1. The van der Waals surface area contributed by atoms with Gasteiger partial charge in [0.2, 0.25) is 10.0 Å². The van der Waals surface area contributed by atoms with Crippen LogP contribution in [0.15, 0.2) is 41.3 Å². The van der Waals surface area contributed by atoms with E-state index in [0.717, 1.165) is 17.8 Å². The molecule has 154 valence electrons. The van der Waals surface area contributed by atoms with Gasteiger partial charge in [-0.15, -0.1) is 0 Å². The average molecular weight is 418 g/mol. The van der Waals surface area contributed by atoms with E-state index in [0.29, 0.717) is 26.2 Å². The fraction of sp³-hybridized carbons (Fsp3) is 0.350. The maximum absolute atomic E-state index is 13.5. The number of carbonyl (C=O) groups is 1. The van der Waals surface area contributed by atoms with E-state index in [4.69, 9.17) is 0 Å². The van der Waals surface area contributed by atoms with E-state index < -0.39 is 22.0 Å². The standard InChI is InChI=1S/C20H23FN4O3S/c1-13-3-5-17(14(2)11-13)24-7-9-25(10-8-24)20(26)19-22-16-12-15(21)4-6-18(16)29(27,28)23-19/h3-6,11-12,19,22-23H,7-10H2,1-2H3/t19-/m1/s1. The molecule has 0 unspecified atom stereocenters. The maximum Gasteiger partial charge on any atom is 0.261 e. The van der Waals surface area contributed by atoms with Crippen molar-refractivity contribution in [1.82, 2.24) is 9.62 Å². The summed E-state index contributed by atoms with van der Waals surface area (Å²) < 4.78 is 40.8. The van der Waals surface area contributed by atoms with Crippen LogP contribution in [0.1, 0.15) is 11.1 Å². The van der Waals surface area contributed by atoms with Gasteiger partial charge in [0.25, 0.3) is 5.91 Å². The first-order valence-electron chi connectivity index (χ1n) is 9.44. The molecule has 7 nitrogen and oxygen atoms in total. The largest absolute Gasteiger partial charge is 0.368 e. The summed E-state index contributed by atoms with van der Waals surface area (Å²) in [6.45, 7) is 6.37. The van der Waals surface area contributed by atoms with Crippen molar-refractivity contribution in [3.63, 3.8) is 0 Å². The van der Waals surface area contributed by atoms with Crippen LogP contribution in [0.25, 0.3) is 0 Å². The molecule has 0 radical (unpaired) electrons. The molecule has 1 atom stereocenters. The molecule has 1 fully saturated rings. The van der Waals surface area contributed by atoms with Gasteiger partial charge >= 0.3 is 0 Å². The van der Waals surface area contributed by atoms with Crippen molar-refractivity contribution in [1.29, 1.82) is 0 Å². The van der Waals surface area contributed by atoms with Crippen LogP contribution in [0.2, 0.25) is 0 Å². The van der Waals surface area contributed by atoms with Crippen molar-refractivity contribution in [3.05, 3.63) is 53.3 Å². The van der Waals surface area contributed by atoms with Crippen LogP contribution in [-0.2, 0) is 14.8 Å². The van der Waals surface area contributed by atoms with Gasteiger partial charge in [0.15, 0.2) is 6.17 Å². The lowest BCUT2D eigenvalue weighted by Gasteiger charge is -2.39. The molecule has 9 heteroatoms. The topological polar surface area (TPSA) is 81.8 Å². The van der Waals surface area contributed by atoms with E-state index in [2.05, 4.69) is 47.0 Å². The van der Waals surface area contributed by atoms with Crippen molar-refractivity contribution in [2.45, 2.75) is 24.9 Å². The van der Waals surface area contributed by atoms with Crippen molar-refractivity contribution < 1.29 is 17.6 Å². The SMILES string of the molecule is Cc1ccc(N2CCN(C(=O)[C@@H]3Nc4cc(F)ccc4S(=O)(=O)N3)CC2)c(C)c1. The Morgan fingerprint density at radius 3 is 2.48 bits per heavy atom. The molecular formula is C20H23FN4O3S. The van der Waals surface area contributed by atoms with Crippen molar-refractivity contribution in [3.8, 4) is 0 Å². The van der Waals surface area contributed by atoms with Crippen molar-refractivity contribution >= 4 is 27.3 Å².